The van der Waals surface area contributed by atoms with Crippen molar-refractivity contribution in [3.05, 3.63) is 17.7 Å². The number of hydrogen-bond acceptors (Lipinski definition) is 3. The van der Waals surface area contributed by atoms with Gasteiger partial charge < -0.3 is 10.1 Å². The van der Waals surface area contributed by atoms with Crippen molar-refractivity contribution in [1.29, 1.82) is 0 Å². The number of aromatic nitrogens is 1. The SMILES string of the molecule is CNc1cc(C(F)(F)F)cc(OCC(F)(F)C(F)(F)F)n1. The van der Waals surface area contributed by atoms with Gasteiger partial charge in [-0.15, -0.1) is 0 Å². The molecule has 0 aliphatic carbocycles. The maximum absolute atomic E-state index is 12.6. The molecule has 3 nitrogen and oxygen atoms in total. The molecule has 1 aromatic heterocycles. The monoisotopic (exact) mass is 324 g/mol. The number of nitrogens with zero attached hydrogens (tertiary/aromatic N) is 1. The summed E-state index contributed by atoms with van der Waals surface area (Å²) in [7, 11) is 1.19. The second-order valence-electron chi connectivity index (χ2n) is 3.82. The van der Waals surface area contributed by atoms with Gasteiger partial charge >= 0.3 is 18.3 Å². The van der Waals surface area contributed by atoms with Gasteiger partial charge in [-0.05, 0) is 6.07 Å². The molecule has 0 saturated heterocycles. The summed E-state index contributed by atoms with van der Waals surface area (Å²) in [4.78, 5) is 3.32. The molecule has 1 heterocycles. The first-order chi connectivity index (χ1) is 9.37. The fourth-order valence-corrected chi connectivity index (χ4v) is 1.12. The van der Waals surface area contributed by atoms with Crippen LogP contribution in [-0.2, 0) is 6.18 Å². The molecule has 0 bridgehead atoms. The topological polar surface area (TPSA) is 34.1 Å². The minimum atomic E-state index is -5.87. The number of hydrogen-bond donors (Lipinski definition) is 1. The van der Waals surface area contributed by atoms with Crippen molar-refractivity contribution in [1.82, 2.24) is 4.98 Å². The second-order valence-corrected chi connectivity index (χ2v) is 3.82. The zero-order chi connectivity index (χ0) is 16.5. The number of anilines is 1. The third kappa shape index (κ3) is 4.33. The van der Waals surface area contributed by atoms with Crippen LogP contribution in [0, 0.1) is 0 Å². The van der Waals surface area contributed by atoms with E-state index in [1.54, 1.807) is 0 Å². The molecule has 0 spiro atoms. The summed E-state index contributed by atoms with van der Waals surface area (Å²) >= 11 is 0. The molecule has 0 aliphatic heterocycles. The number of halogens is 8. The number of alkyl halides is 8. The fourth-order valence-electron chi connectivity index (χ4n) is 1.12. The molecule has 1 aromatic rings. The number of nitrogens with one attached hydrogen (secondary N) is 1. The maximum Gasteiger partial charge on any atom is 0.456 e. The highest BCUT2D eigenvalue weighted by molar-refractivity contribution is 5.42. The van der Waals surface area contributed by atoms with Crippen LogP contribution in [0.15, 0.2) is 12.1 Å². The van der Waals surface area contributed by atoms with Gasteiger partial charge in [-0.2, -0.15) is 40.1 Å². The zero-order valence-electron chi connectivity index (χ0n) is 10.2. The zero-order valence-corrected chi connectivity index (χ0v) is 10.2. The van der Waals surface area contributed by atoms with Crippen LogP contribution in [-0.4, -0.2) is 30.7 Å². The lowest BCUT2D eigenvalue weighted by Crippen LogP contribution is -2.41. The van der Waals surface area contributed by atoms with Gasteiger partial charge in [-0.25, -0.2) is 0 Å². The molecule has 0 atom stereocenters. The van der Waals surface area contributed by atoms with Crippen LogP contribution in [0.2, 0.25) is 0 Å². The van der Waals surface area contributed by atoms with E-state index in [9.17, 15) is 35.1 Å². The van der Waals surface area contributed by atoms with Crippen LogP contribution in [0.4, 0.5) is 40.9 Å². The Labute approximate surface area is 112 Å². The molecule has 1 N–H and O–H groups in total. The molecule has 0 aliphatic rings. The Morgan fingerprint density at radius 2 is 1.62 bits per heavy atom. The van der Waals surface area contributed by atoms with Crippen LogP contribution in [0.5, 0.6) is 5.88 Å². The molecule has 0 radical (unpaired) electrons. The van der Waals surface area contributed by atoms with Crippen LogP contribution >= 0.6 is 0 Å². The van der Waals surface area contributed by atoms with E-state index in [0.717, 1.165) is 0 Å². The molecule has 1 rings (SSSR count). The lowest BCUT2D eigenvalue weighted by molar-refractivity contribution is -0.290. The lowest BCUT2D eigenvalue weighted by atomic mass is 10.2. The van der Waals surface area contributed by atoms with Gasteiger partial charge in [0.25, 0.3) is 0 Å². The highest BCUT2D eigenvalue weighted by Gasteiger charge is 2.58. The van der Waals surface area contributed by atoms with E-state index < -0.39 is 42.1 Å². The molecule has 120 valence electrons. The van der Waals surface area contributed by atoms with Gasteiger partial charge in [0.05, 0.1) is 5.56 Å². The fraction of sp³-hybridized carbons (Fsp3) is 0.500. The minimum Gasteiger partial charge on any atom is -0.471 e. The first kappa shape index (κ1) is 17.2. The standard InChI is InChI=1S/C10H8F8N2O/c1-19-6-2-5(9(13,14)15)3-7(20-6)21-4-8(11,12)10(16,17)18/h2-3H,4H2,1H3,(H,19,20). The minimum absolute atomic E-state index is 0.229. The molecular formula is C10H8F8N2O. The second kappa shape index (κ2) is 5.53. The first-order valence-electron chi connectivity index (χ1n) is 5.21. The Hall–Kier alpha value is -1.81. The van der Waals surface area contributed by atoms with Crippen LogP contribution in [0.1, 0.15) is 5.56 Å². The molecule has 21 heavy (non-hydrogen) atoms. The third-order valence-corrected chi connectivity index (χ3v) is 2.20. The molecular weight excluding hydrogens is 316 g/mol. The van der Waals surface area contributed by atoms with Gasteiger partial charge in [-0.1, -0.05) is 0 Å². The summed E-state index contributed by atoms with van der Waals surface area (Å²) in [5.74, 6) is -6.60. The highest BCUT2D eigenvalue weighted by Crippen LogP contribution is 2.36. The smallest absolute Gasteiger partial charge is 0.456 e. The summed E-state index contributed by atoms with van der Waals surface area (Å²) in [5.41, 5.74) is -1.30. The molecule has 11 heteroatoms. The molecule has 0 unspecified atom stereocenters. The predicted molar refractivity (Wildman–Crippen MR) is 55.3 cm³/mol. The summed E-state index contributed by atoms with van der Waals surface area (Å²) in [6, 6.07) is 0.780. The van der Waals surface area contributed by atoms with Crippen LogP contribution < -0.4 is 10.1 Å². The number of rotatable bonds is 4. The van der Waals surface area contributed by atoms with E-state index in [2.05, 4.69) is 15.0 Å². The molecule has 0 saturated carbocycles. The normalized spacial score (nSPS) is 13.2. The third-order valence-electron chi connectivity index (χ3n) is 2.20. The van der Waals surface area contributed by atoms with Crippen molar-refractivity contribution < 1.29 is 39.9 Å². The van der Waals surface area contributed by atoms with Gasteiger partial charge in [0, 0.05) is 13.1 Å². The summed E-state index contributed by atoms with van der Waals surface area (Å²) in [5, 5.41) is 2.21. The van der Waals surface area contributed by atoms with Crippen LogP contribution in [0.25, 0.3) is 0 Å². The predicted octanol–water partition coefficient (Wildman–Crippen LogP) is 3.72. The summed E-state index contributed by atoms with van der Waals surface area (Å²) in [6.07, 6.45) is -10.7. The number of pyridine rings is 1. The first-order valence-corrected chi connectivity index (χ1v) is 5.21. The Balaban J connectivity index is 2.99. The van der Waals surface area contributed by atoms with E-state index in [0.29, 0.717) is 6.07 Å². The van der Waals surface area contributed by atoms with Crippen molar-refractivity contribution in [2.45, 2.75) is 18.3 Å². The lowest BCUT2D eigenvalue weighted by Gasteiger charge is -2.20. The van der Waals surface area contributed by atoms with E-state index in [-0.39, 0.29) is 6.07 Å². The highest BCUT2D eigenvalue weighted by atomic mass is 19.4. The van der Waals surface area contributed by atoms with Crippen molar-refractivity contribution >= 4 is 5.82 Å². The van der Waals surface area contributed by atoms with Gasteiger partial charge in [0.1, 0.15) is 5.82 Å². The Bertz CT molecular complexity index is 497. The Morgan fingerprint density at radius 1 is 1.05 bits per heavy atom. The maximum atomic E-state index is 12.6. The Kier molecular flexibility index (Phi) is 4.54. The average Bonchev–Trinajstić information content (AvgIpc) is 2.33. The van der Waals surface area contributed by atoms with E-state index >= 15 is 0 Å². The van der Waals surface area contributed by atoms with E-state index in [4.69, 9.17) is 0 Å². The molecule has 0 fully saturated rings. The van der Waals surface area contributed by atoms with Gasteiger partial charge in [0.15, 0.2) is 6.61 Å². The van der Waals surface area contributed by atoms with Crippen molar-refractivity contribution in [3.63, 3.8) is 0 Å². The average molecular weight is 324 g/mol. The number of ether oxygens (including phenoxy) is 1. The summed E-state index contributed by atoms with van der Waals surface area (Å²) < 4.78 is 103. The quantitative estimate of drug-likeness (QED) is 0.857. The van der Waals surface area contributed by atoms with Gasteiger partial charge in [-0.3, -0.25) is 0 Å². The largest absolute Gasteiger partial charge is 0.471 e. The van der Waals surface area contributed by atoms with E-state index in [1.165, 1.54) is 7.05 Å². The van der Waals surface area contributed by atoms with Crippen molar-refractivity contribution in [2.24, 2.45) is 0 Å². The molecule has 0 amide bonds. The van der Waals surface area contributed by atoms with Gasteiger partial charge in [0.2, 0.25) is 5.88 Å². The van der Waals surface area contributed by atoms with E-state index in [1.807, 2.05) is 0 Å². The Morgan fingerprint density at radius 3 is 2.05 bits per heavy atom. The molecule has 0 aromatic carbocycles. The van der Waals surface area contributed by atoms with Crippen molar-refractivity contribution in [3.8, 4) is 5.88 Å². The van der Waals surface area contributed by atoms with Crippen molar-refractivity contribution in [2.75, 3.05) is 19.0 Å². The van der Waals surface area contributed by atoms with Crippen LogP contribution in [0.3, 0.4) is 0 Å². The summed E-state index contributed by atoms with van der Waals surface area (Å²) in [6.45, 7) is -2.17.